The molecule has 2 aromatic rings. The molecule has 1 aromatic heterocycles. The number of carbonyl (C=O) groups excluding carboxylic acids is 6. The monoisotopic (exact) mass is 803 g/mol. The van der Waals surface area contributed by atoms with Gasteiger partial charge in [0.2, 0.25) is 35.4 Å². The molecule has 2 heterocycles. The van der Waals surface area contributed by atoms with Gasteiger partial charge in [-0.25, -0.2) is 4.98 Å². The van der Waals surface area contributed by atoms with Crippen LogP contribution in [-0.4, -0.2) is 107 Å². The molecule has 13 N–H and O–H groups in total. The summed E-state index contributed by atoms with van der Waals surface area (Å²) in [6.07, 6.45) is -0.136. The molecule has 2 unspecified atom stereocenters. The van der Waals surface area contributed by atoms with Crippen LogP contribution in [0.15, 0.2) is 40.7 Å². The SMILES string of the molecule is CC(C)CC1NC(=O)C(CC(=O)O)NC(=O)CNC(=O)[C@H](CCCN=C(N)N)Nc2nc(cs2)CSC[C@@H](C(N)=O)NC(=O)[C@H](Cc2ccccc2)NC1=O. The van der Waals surface area contributed by atoms with E-state index in [-0.39, 0.29) is 43.4 Å². The number of nitrogens with zero attached hydrogens (tertiary/aromatic N) is 2. The molecule has 0 spiro atoms. The molecule has 0 aliphatic carbocycles. The summed E-state index contributed by atoms with van der Waals surface area (Å²) in [6, 6.07) is 2.67. The summed E-state index contributed by atoms with van der Waals surface area (Å²) in [5.74, 6) is -6.00. The Morgan fingerprint density at radius 1 is 0.891 bits per heavy atom. The van der Waals surface area contributed by atoms with E-state index in [0.717, 1.165) is 0 Å². The Bertz CT molecular complexity index is 1690. The molecule has 55 heavy (non-hydrogen) atoms. The summed E-state index contributed by atoms with van der Waals surface area (Å²) >= 11 is 2.49. The van der Waals surface area contributed by atoms with E-state index in [9.17, 15) is 38.7 Å². The third-order valence-electron chi connectivity index (χ3n) is 8.01. The first-order chi connectivity index (χ1) is 26.1. The van der Waals surface area contributed by atoms with Crippen molar-refractivity contribution in [3.8, 4) is 0 Å². The van der Waals surface area contributed by atoms with E-state index in [1.165, 1.54) is 23.1 Å². The van der Waals surface area contributed by atoms with Gasteiger partial charge in [0.25, 0.3) is 0 Å². The number of hydrogen-bond acceptors (Lipinski definition) is 12. The molecule has 0 saturated heterocycles. The smallest absolute Gasteiger partial charge is 0.305 e. The number of aromatic nitrogens is 1. The summed E-state index contributed by atoms with van der Waals surface area (Å²) in [5, 5.41) is 27.4. The fourth-order valence-electron chi connectivity index (χ4n) is 5.34. The van der Waals surface area contributed by atoms with Crippen LogP contribution in [0.3, 0.4) is 0 Å². The highest BCUT2D eigenvalue weighted by molar-refractivity contribution is 7.98. The van der Waals surface area contributed by atoms with Crippen LogP contribution in [0.1, 0.15) is 50.8 Å². The number of anilines is 1. The molecule has 5 atom stereocenters. The Morgan fingerprint density at radius 2 is 1.56 bits per heavy atom. The van der Waals surface area contributed by atoms with E-state index in [1.54, 1.807) is 49.6 Å². The predicted molar refractivity (Wildman–Crippen MR) is 207 cm³/mol. The van der Waals surface area contributed by atoms with E-state index in [0.29, 0.717) is 28.6 Å². The molecule has 21 heteroatoms. The summed E-state index contributed by atoms with van der Waals surface area (Å²) in [6.45, 7) is 3.20. The fraction of sp³-hybridized carbons (Fsp3) is 0.500. The van der Waals surface area contributed by atoms with E-state index >= 15 is 0 Å². The first-order valence-electron chi connectivity index (χ1n) is 17.5. The van der Waals surface area contributed by atoms with Crippen LogP contribution in [0, 0.1) is 5.92 Å². The van der Waals surface area contributed by atoms with Crippen LogP contribution in [-0.2, 0) is 45.7 Å². The number of thioether (sulfide) groups is 1. The number of carbonyl (C=O) groups is 7. The van der Waals surface area contributed by atoms with Gasteiger partial charge < -0.3 is 54.2 Å². The number of benzene rings is 1. The van der Waals surface area contributed by atoms with E-state index in [1.807, 2.05) is 0 Å². The Labute approximate surface area is 326 Å². The zero-order chi connectivity index (χ0) is 40.5. The maximum Gasteiger partial charge on any atom is 0.305 e. The highest BCUT2D eigenvalue weighted by atomic mass is 32.2. The molecule has 300 valence electrons. The number of nitrogens with one attached hydrogen (secondary N) is 6. The number of carboxylic acid groups (broad SMARTS) is 1. The topological polar surface area (TPSA) is 315 Å². The Kier molecular flexibility index (Phi) is 17.6. The van der Waals surface area contributed by atoms with Gasteiger partial charge in [0.05, 0.1) is 18.7 Å². The van der Waals surface area contributed by atoms with Gasteiger partial charge in [-0.05, 0) is 30.7 Å². The van der Waals surface area contributed by atoms with Crippen molar-refractivity contribution >= 4 is 75.6 Å². The number of fused-ring (bicyclic) bond motifs is 2. The molecule has 0 fully saturated rings. The van der Waals surface area contributed by atoms with Crippen molar-refractivity contribution in [2.45, 2.75) is 81.9 Å². The standard InChI is InChI=1S/C34H49N11O8S2/c1-18(2)11-22-30(51)43-23(12-19-7-4-3-5-8-19)31(52)44-25(28(35)49)17-54-15-20-16-55-34(40-20)45-21(9-6-10-38-33(36)37)29(50)39-14-26(46)41-24(13-27(47)48)32(53)42-22/h3-5,7-8,16,18,21-25H,6,9-15,17H2,1-2H3,(H2,35,49)(H,39,50)(H,40,45)(H,41,46)(H,42,53)(H,43,51)(H,44,52)(H,47,48)(H4,36,37,38)/t21-,22?,23-,24?,25-/m0/s1. The molecule has 6 amide bonds. The van der Waals surface area contributed by atoms with Gasteiger partial charge in [0.15, 0.2) is 11.1 Å². The maximum absolute atomic E-state index is 13.8. The lowest BCUT2D eigenvalue weighted by Crippen LogP contribution is -2.59. The van der Waals surface area contributed by atoms with E-state index in [4.69, 9.17) is 17.2 Å². The number of hydrogen-bond donors (Lipinski definition) is 10. The van der Waals surface area contributed by atoms with Gasteiger partial charge in [0, 0.05) is 29.9 Å². The Balaban J connectivity index is 1.96. The molecule has 1 aromatic carbocycles. The van der Waals surface area contributed by atoms with Crippen molar-refractivity contribution in [2.24, 2.45) is 28.1 Å². The fourth-order valence-corrected chi connectivity index (χ4v) is 7.16. The van der Waals surface area contributed by atoms with Crippen LogP contribution in [0.2, 0.25) is 0 Å². The zero-order valence-corrected chi connectivity index (χ0v) is 32.2. The van der Waals surface area contributed by atoms with Crippen LogP contribution < -0.4 is 49.1 Å². The van der Waals surface area contributed by atoms with Crippen molar-refractivity contribution in [3.05, 3.63) is 47.0 Å². The highest BCUT2D eigenvalue weighted by Crippen LogP contribution is 2.22. The minimum absolute atomic E-state index is 0.0205. The predicted octanol–water partition coefficient (Wildman–Crippen LogP) is -1.47. The maximum atomic E-state index is 13.8. The van der Waals surface area contributed by atoms with Gasteiger partial charge in [-0.15, -0.1) is 11.3 Å². The normalized spacial score (nSPS) is 22.2. The van der Waals surface area contributed by atoms with Crippen LogP contribution >= 0.6 is 23.1 Å². The van der Waals surface area contributed by atoms with Gasteiger partial charge in [-0.3, -0.25) is 38.6 Å². The van der Waals surface area contributed by atoms with Gasteiger partial charge >= 0.3 is 5.97 Å². The second kappa shape index (κ2) is 22.1. The molecular weight excluding hydrogens is 755 g/mol. The first kappa shape index (κ1) is 44.0. The van der Waals surface area contributed by atoms with Crippen LogP contribution in [0.5, 0.6) is 0 Å². The number of aliphatic imine (C=N–C) groups is 1. The number of nitrogens with two attached hydrogens (primary N) is 3. The first-order valence-corrected chi connectivity index (χ1v) is 19.5. The Hall–Kier alpha value is -5.44. The lowest BCUT2D eigenvalue weighted by atomic mass is 10.0. The van der Waals surface area contributed by atoms with Gasteiger partial charge in [-0.1, -0.05) is 44.2 Å². The van der Waals surface area contributed by atoms with Gasteiger partial charge in [0.1, 0.15) is 30.2 Å². The van der Waals surface area contributed by atoms with Crippen molar-refractivity contribution in [3.63, 3.8) is 0 Å². The zero-order valence-electron chi connectivity index (χ0n) is 30.5. The highest BCUT2D eigenvalue weighted by Gasteiger charge is 2.33. The Morgan fingerprint density at radius 3 is 2.22 bits per heavy atom. The number of primary amides is 1. The lowest BCUT2D eigenvalue weighted by molar-refractivity contribution is -0.141. The number of rotatable bonds is 11. The number of aliphatic carboxylic acids is 1. The van der Waals surface area contributed by atoms with Crippen LogP contribution in [0.25, 0.3) is 0 Å². The van der Waals surface area contributed by atoms with E-state index in [2.05, 4.69) is 41.9 Å². The third-order valence-corrected chi connectivity index (χ3v) is 9.91. The summed E-state index contributed by atoms with van der Waals surface area (Å²) < 4.78 is 0. The van der Waals surface area contributed by atoms with Crippen molar-refractivity contribution in [1.29, 1.82) is 0 Å². The molecule has 19 nitrogen and oxygen atoms in total. The molecule has 2 bridgehead atoms. The van der Waals surface area contributed by atoms with Crippen LogP contribution in [0.4, 0.5) is 5.13 Å². The average molecular weight is 804 g/mol. The van der Waals surface area contributed by atoms with Crippen molar-refractivity contribution < 1.29 is 38.7 Å². The largest absolute Gasteiger partial charge is 0.481 e. The quantitative estimate of drug-likeness (QED) is 0.0706. The summed E-state index contributed by atoms with van der Waals surface area (Å²) in [7, 11) is 0. The molecule has 0 radical (unpaired) electrons. The number of thiazole rings is 1. The minimum atomic E-state index is -1.63. The van der Waals surface area contributed by atoms with Gasteiger partial charge in [-0.2, -0.15) is 11.8 Å². The number of carboxylic acids is 1. The summed E-state index contributed by atoms with van der Waals surface area (Å²) in [4.78, 5) is 100. The van der Waals surface area contributed by atoms with Crippen molar-refractivity contribution in [1.82, 2.24) is 31.6 Å². The molecule has 0 saturated carbocycles. The average Bonchev–Trinajstić information content (AvgIpc) is 3.56. The molecular formula is C34H49N11O8S2. The number of amides is 6. The molecule has 1 aliphatic heterocycles. The molecule has 1 aliphatic rings. The minimum Gasteiger partial charge on any atom is -0.481 e. The third kappa shape index (κ3) is 15.8. The lowest BCUT2D eigenvalue weighted by Gasteiger charge is -2.27. The van der Waals surface area contributed by atoms with E-state index < -0.39 is 84.6 Å². The summed E-state index contributed by atoms with van der Waals surface area (Å²) in [5.41, 5.74) is 17.8. The molecule has 3 rings (SSSR count). The second-order valence-corrected chi connectivity index (χ2v) is 15.0. The number of guanidine groups is 1. The van der Waals surface area contributed by atoms with Crippen molar-refractivity contribution in [2.75, 3.05) is 24.2 Å². The second-order valence-electron chi connectivity index (χ2n) is 13.1.